The highest BCUT2D eigenvalue weighted by Crippen LogP contribution is 2.20. The Hall–Kier alpha value is -2.85. The van der Waals surface area contributed by atoms with Crippen LogP contribution in [0.1, 0.15) is 27.6 Å². The fourth-order valence-electron chi connectivity index (χ4n) is 3.02. The summed E-state index contributed by atoms with van der Waals surface area (Å²) in [6, 6.07) is 7.80. The lowest BCUT2D eigenvalue weighted by molar-refractivity contribution is 0.102. The van der Waals surface area contributed by atoms with E-state index in [1.54, 1.807) is 4.68 Å². The van der Waals surface area contributed by atoms with Crippen LogP contribution in [0.2, 0.25) is 0 Å². The summed E-state index contributed by atoms with van der Waals surface area (Å²) in [5.74, 6) is -0.281. The maximum absolute atomic E-state index is 12.6. The third-order valence-corrected chi connectivity index (χ3v) is 5.40. The lowest BCUT2D eigenvalue weighted by atomic mass is 10.2. The summed E-state index contributed by atoms with van der Waals surface area (Å²) in [5, 5.41) is 11.0. The van der Waals surface area contributed by atoms with Crippen LogP contribution in [0, 0.1) is 13.8 Å². The summed E-state index contributed by atoms with van der Waals surface area (Å²) < 4.78 is 15.5. The van der Waals surface area contributed by atoms with E-state index < -0.39 is 0 Å². The number of amides is 1. The number of nitrogens with one attached hydrogen (secondary N) is 1. The van der Waals surface area contributed by atoms with Gasteiger partial charge in [-0.1, -0.05) is 5.21 Å². The maximum Gasteiger partial charge on any atom is 0.278 e. The van der Waals surface area contributed by atoms with Gasteiger partial charge in [-0.05, 0) is 38.1 Å². The molecule has 4 rings (SSSR count). The molecule has 0 saturated carbocycles. The van der Waals surface area contributed by atoms with Gasteiger partial charge in [0.15, 0.2) is 5.69 Å². The maximum atomic E-state index is 12.6. The number of hydrogen-bond acceptors (Lipinski definition) is 8. The van der Waals surface area contributed by atoms with E-state index in [0.717, 1.165) is 49.1 Å². The lowest BCUT2D eigenvalue weighted by Gasteiger charge is -2.28. The van der Waals surface area contributed by atoms with Crippen LogP contribution < -0.4 is 10.2 Å². The van der Waals surface area contributed by atoms with Crippen molar-refractivity contribution in [2.75, 3.05) is 36.5 Å². The number of aromatic nitrogens is 5. The highest BCUT2D eigenvalue weighted by Gasteiger charge is 2.18. The molecule has 0 spiro atoms. The average Bonchev–Trinajstić information content (AvgIpc) is 3.29. The van der Waals surface area contributed by atoms with Gasteiger partial charge in [-0.3, -0.25) is 4.79 Å². The highest BCUT2D eigenvalue weighted by atomic mass is 32.1. The lowest BCUT2D eigenvalue weighted by Crippen LogP contribution is -2.36. The van der Waals surface area contributed by atoms with Crippen LogP contribution in [0.5, 0.6) is 0 Å². The Morgan fingerprint density at radius 2 is 1.93 bits per heavy atom. The molecule has 1 aliphatic rings. The molecular formula is C18H21N7O2S. The predicted octanol–water partition coefficient (Wildman–Crippen LogP) is 1.88. The molecule has 1 aliphatic heterocycles. The largest absolute Gasteiger partial charge is 0.378 e. The van der Waals surface area contributed by atoms with Crippen molar-refractivity contribution in [1.82, 2.24) is 23.7 Å². The zero-order valence-electron chi connectivity index (χ0n) is 15.8. The Morgan fingerprint density at radius 3 is 2.61 bits per heavy atom. The van der Waals surface area contributed by atoms with Crippen molar-refractivity contribution in [2.45, 2.75) is 20.4 Å². The molecule has 0 aliphatic carbocycles. The SMILES string of the molecule is Cc1nsnc1Cn1nnc(C(=O)Nc2ccc(N3CCOCC3)cc2)c1C. The molecule has 3 heterocycles. The minimum absolute atomic E-state index is 0.281. The van der Waals surface area contributed by atoms with E-state index in [2.05, 4.69) is 29.3 Å². The summed E-state index contributed by atoms with van der Waals surface area (Å²) >= 11 is 1.17. The molecule has 3 aromatic rings. The van der Waals surface area contributed by atoms with E-state index in [4.69, 9.17) is 4.74 Å². The number of benzene rings is 1. The zero-order chi connectivity index (χ0) is 19.5. The van der Waals surface area contributed by atoms with Crippen molar-refractivity contribution < 1.29 is 9.53 Å². The summed E-state index contributed by atoms with van der Waals surface area (Å²) in [6.07, 6.45) is 0. The molecule has 10 heteroatoms. The van der Waals surface area contributed by atoms with E-state index in [-0.39, 0.29) is 5.91 Å². The van der Waals surface area contributed by atoms with Crippen LogP contribution in [0.3, 0.4) is 0 Å². The van der Waals surface area contributed by atoms with Gasteiger partial charge in [0.05, 0.1) is 48.6 Å². The number of morpholine rings is 1. The summed E-state index contributed by atoms with van der Waals surface area (Å²) in [6.45, 7) is 7.41. The van der Waals surface area contributed by atoms with Gasteiger partial charge in [-0.2, -0.15) is 8.75 Å². The van der Waals surface area contributed by atoms with E-state index in [9.17, 15) is 4.79 Å². The van der Waals surface area contributed by atoms with Gasteiger partial charge in [0.1, 0.15) is 0 Å². The van der Waals surface area contributed by atoms with E-state index in [0.29, 0.717) is 17.9 Å². The van der Waals surface area contributed by atoms with Crippen molar-refractivity contribution in [3.8, 4) is 0 Å². The first-order valence-electron chi connectivity index (χ1n) is 9.04. The van der Waals surface area contributed by atoms with Crippen LogP contribution in [-0.4, -0.2) is 56.0 Å². The fourth-order valence-corrected chi connectivity index (χ4v) is 3.58. The highest BCUT2D eigenvalue weighted by molar-refractivity contribution is 6.99. The molecule has 1 N–H and O–H groups in total. The number of hydrogen-bond donors (Lipinski definition) is 1. The first-order chi connectivity index (χ1) is 13.6. The number of carbonyl (C=O) groups is 1. The molecule has 146 valence electrons. The van der Waals surface area contributed by atoms with E-state index in [1.165, 1.54) is 11.7 Å². The van der Waals surface area contributed by atoms with Gasteiger partial charge in [0.25, 0.3) is 5.91 Å². The van der Waals surface area contributed by atoms with Gasteiger partial charge in [-0.15, -0.1) is 5.10 Å². The van der Waals surface area contributed by atoms with Crippen molar-refractivity contribution in [1.29, 1.82) is 0 Å². The molecule has 1 saturated heterocycles. The first kappa shape index (κ1) is 18.5. The number of aryl methyl sites for hydroxylation is 1. The number of anilines is 2. The summed E-state index contributed by atoms with van der Waals surface area (Å²) in [5.41, 5.74) is 4.54. The minimum atomic E-state index is -0.281. The molecule has 2 aromatic heterocycles. The van der Waals surface area contributed by atoms with Crippen molar-refractivity contribution in [2.24, 2.45) is 0 Å². The van der Waals surface area contributed by atoms with Crippen LogP contribution in [0.25, 0.3) is 0 Å². The summed E-state index contributed by atoms with van der Waals surface area (Å²) in [4.78, 5) is 14.9. The molecule has 0 atom stereocenters. The Bertz CT molecular complexity index is 961. The molecule has 0 unspecified atom stereocenters. The number of rotatable bonds is 5. The Balaban J connectivity index is 1.43. The summed E-state index contributed by atoms with van der Waals surface area (Å²) in [7, 11) is 0. The van der Waals surface area contributed by atoms with Gasteiger partial charge in [0.2, 0.25) is 0 Å². The molecule has 0 bridgehead atoms. The molecule has 1 aromatic carbocycles. The Morgan fingerprint density at radius 1 is 1.18 bits per heavy atom. The van der Waals surface area contributed by atoms with Crippen molar-refractivity contribution >= 4 is 29.0 Å². The van der Waals surface area contributed by atoms with E-state index in [1.807, 2.05) is 38.1 Å². The van der Waals surface area contributed by atoms with Crippen LogP contribution in [-0.2, 0) is 11.3 Å². The molecular weight excluding hydrogens is 378 g/mol. The number of carbonyl (C=O) groups excluding carboxylic acids is 1. The van der Waals surface area contributed by atoms with Crippen LogP contribution in [0.4, 0.5) is 11.4 Å². The Labute approximate surface area is 166 Å². The van der Waals surface area contributed by atoms with Gasteiger partial charge >= 0.3 is 0 Å². The third kappa shape index (κ3) is 3.87. The fraction of sp³-hybridized carbons (Fsp3) is 0.389. The van der Waals surface area contributed by atoms with Crippen molar-refractivity contribution in [3.05, 3.63) is 47.0 Å². The minimum Gasteiger partial charge on any atom is -0.378 e. The second kappa shape index (κ2) is 8.03. The normalized spacial score (nSPS) is 14.3. The van der Waals surface area contributed by atoms with Crippen LogP contribution >= 0.6 is 11.7 Å². The molecule has 1 amide bonds. The van der Waals surface area contributed by atoms with Crippen LogP contribution in [0.15, 0.2) is 24.3 Å². The molecule has 0 radical (unpaired) electrons. The molecule has 1 fully saturated rings. The molecule has 9 nitrogen and oxygen atoms in total. The zero-order valence-corrected chi connectivity index (χ0v) is 16.6. The van der Waals surface area contributed by atoms with Gasteiger partial charge in [0, 0.05) is 24.5 Å². The monoisotopic (exact) mass is 399 g/mol. The number of ether oxygens (including phenoxy) is 1. The molecule has 28 heavy (non-hydrogen) atoms. The quantitative estimate of drug-likeness (QED) is 0.699. The first-order valence-corrected chi connectivity index (χ1v) is 9.77. The second-order valence-corrected chi connectivity index (χ2v) is 7.11. The van der Waals surface area contributed by atoms with E-state index >= 15 is 0 Å². The number of nitrogens with zero attached hydrogens (tertiary/aromatic N) is 6. The average molecular weight is 399 g/mol. The van der Waals surface area contributed by atoms with Crippen molar-refractivity contribution in [3.63, 3.8) is 0 Å². The topological polar surface area (TPSA) is 98.1 Å². The van der Waals surface area contributed by atoms with Gasteiger partial charge < -0.3 is 15.0 Å². The second-order valence-electron chi connectivity index (χ2n) is 6.58. The standard InChI is InChI=1S/C18H21N7O2S/c1-12-16(22-28-21-12)11-25-13(2)17(20-23-25)18(26)19-14-3-5-15(6-4-14)24-7-9-27-10-8-24/h3-6H,7-11H2,1-2H3,(H,19,26). The Kier molecular flexibility index (Phi) is 5.31. The third-order valence-electron chi connectivity index (χ3n) is 4.74. The smallest absolute Gasteiger partial charge is 0.278 e. The predicted molar refractivity (Wildman–Crippen MR) is 106 cm³/mol. The van der Waals surface area contributed by atoms with Gasteiger partial charge in [-0.25, -0.2) is 4.68 Å².